The minimum absolute atomic E-state index is 0.455. The van der Waals surface area contributed by atoms with Crippen molar-refractivity contribution in [2.75, 3.05) is 19.0 Å². The Morgan fingerprint density at radius 2 is 1.15 bits per heavy atom. The lowest BCUT2D eigenvalue weighted by molar-refractivity contribution is 0.338. The van der Waals surface area contributed by atoms with Gasteiger partial charge < -0.3 is 45.1 Å². The van der Waals surface area contributed by atoms with Crippen LogP contribution in [0.3, 0.4) is 0 Å². The Kier molecular flexibility index (Phi) is 26.9. The monoisotopic (exact) mass is 403 g/mol. The van der Waals surface area contributed by atoms with Gasteiger partial charge in [-0.15, -0.1) is 0 Å². The van der Waals surface area contributed by atoms with Crippen molar-refractivity contribution in [3.05, 3.63) is 24.0 Å². The standard InChI is InChI=1S/C8H9N3.4BFH2O2/c1-11(2)8-3-4-10-7(5-8)6-9;4*2-1(3)4/h3-5H,1-2H3;4*3-4H. The molecule has 0 saturated heterocycles. The minimum Gasteiger partial charge on any atom is -0.398 e. The van der Waals surface area contributed by atoms with Crippen molar-refractivity contribution in [1.82, 2.24) is 4.98 Å². The van der Waals surface area contributed by atoms with Gasteiger partial charge in [0.05, 0.1) is 0 Å². The van der Waals surface area contributed by atoms with Gasteiger partial charge in [-0.25, -0.2) is 4.98 Å². The smallest absolute Gasteiger partial charge is 0.398 e. The fourth-order valence-corrected chi connectivity index (χ4v) is 0.759. The molecule has 0 atom stereocenters. The van der Waals surface area contributed by atoms with E-state index < -0.39 is 29.6 Å². The normalized spacial score (nSPS) is 7.59. The van der Waals surface area contributed by atoms with Crippen molar-refractivity contribution in [1.29, 1.82) is 5.26 Å². The summed E-state index contributed by atoms with van der Waals surface area (Å²) in [7, 11) is -6.81. The van der Waals surface area contributed by atoms with E-state index in [9.17, 15) is 17.3 Å². The summed E-state index contributed by atoms with van der Waals surface area (Å²) in [6.07, 6.45) is 1.63. The molecule has 0 aliphatic rings. The molecular weight excluding hydrogens is 385 g/mol. The van der Waals surface area contributed by atoms with Crippen LogP contribution < -0.4 is 4.90 Å². The molecule has 152 valence electrons. The molecule has 1 aromatic heterocycles. The number of hydrogen-bond acceptors (Lipinski definition) is 11. The number of anilines is 1. The molecule has 0 aliphatic heterocycles. The average Bonchev–Trinajstić information content (AvgIpc) is 2.45. The lowest BCUT2D eigenvalue weighted by Crippen LogP contribution is -2.08. The van der Waals surface area contributed by atoms with Crippen LogP contribution in [-0.4, -0.2) is 88.9 Å². The van der Waals surface area contributed by atoms with Crippen LogP contribution in [0.25, 0.3) is 0 Å². The summed E-state index contributed by atoms with van der Waals surface area (Å²) in [6.45, 7) is 0. The number of pyridine rings is 1. The lowest BCUT2D eigenvalue weighted by atomic mass is 10.3. The fraction of sp³-hybridized carbons (Fsp3) is 0.250. The number of hydrogen-bond donors (Lipinski definition) is 8. The highest BCUT2D eigenvalue weighted by atomic mass is 19.1. The first-order valence-electron chi connectivity index (χ1n) is 6.21. The van der Waals surface area contributed by atoms with Crippen LogP contribution in [0.4, 0.5) is 23.0 Å². The zero-order chi connectivity index (χ0) is 22.6. The van der Waals surface area contributed by atoms with Gasteiger partial charge in [-0.3, -0.25) is 17.3 Å². The molecule has 0 unspecified atom stereocenters. The molecule has 11 nitrogen and oxygen atoms in total. The molecular formula is C8H17B4F4N3O8. The summed E-state index contributed by atoms with van der Waals surface area (Å²) in [5.74, 6) is 0. The Balaban J connectivity index is -0.000000139. The van der Waals surface area contributed by atoms with E-state index in [1.54, 1.807) is 12.3 Å². The van der Waals surface area contributed by atoms with Crippen LogP contribution >= 0.6 is 0 Å². The third-order valence-corrected chi connectivity index (χ3v) is 1.37. The van der Waals surface area contributed by atoms with Gasteiger partial charge >= 0.3 is 29.6 Å². The van der Waals surface area contributed by atoms with E-state index in [2.05, 4.69) is 4.98 Å². The van der Waals surface area contributed by atoms with Crippen molar-refractivity contribution in [3.8, 4) is 6.07 Å². The highest BCUT2D eigenvalue weighted by Crippen LogP contribution is 2.09. The quantitative estimate of drug-likeness (QED) is 0.173. The third kappa shape index (κ3) is 59.2. The van der Waals surface area contributed by atoms with Gasteiger partial charge in [0.1, 0.15) is 11.8 Å². The molecule has 0 saturated carbocycles. The molecule has 0 radical (unpaired) electrons. The fourth-order valence-electron chi connectivity index (χ4n) is 0.759. The Morgan fingerprint density at radius 1 is 0.852 bits per heavy atom. The maximum atomic E-state index is 10.1. The highest BCUT2D eigenvalue weighted by Gasteiger charge is 1.98. The lowest BCUT2D eigenvalue weighted by Gasteiger charge is -2.10. The van der Waals surface area contributed by atoms with E-state index in [1.807, 2.05) is 31.1 Å². The van der Waals surface area contributed by atoms with Crippen molar-refractivity contribution in [2.45, 2.75) is 0 Å². The Hall–Kier alpha value is -1.90. The zero-order valence-electron chi connectivity index (χ0n) is 14.0. The van der Waals surface area contributed by atoms with Crippen LogP contribution in [0.5, 0.6) is 0 Å². The second-order valence-electron chi connectivity index (χ2n) is 3.65. The van der Waals surface area contributed by atoms with Crippen LogP contribution in [-0.2, 0) is 0 Å². The van der Waals surface area contributed by atoms with Gasteiger partial charge in [-0.1, -0.05) is 0 Å². The number of nitriles is 1. The number of nitrogens with zero attached hydrogens (tertiary/aromatic N) is 3. The Bertz CT molecular complexity index is 452. The molecule has 27 heavy (non-hydrogen) atoms. The summed E-state index contributed by atoms with van der Waals surface area (Å²) in [6, 6.07) is 5.60. The molecule has 0 aliphatic carbocycles. The number of rotatable bonds is 1. The summed E-state index contributed by atoms with van der Waals surface area (Å²) >= 11 is 0. The molecule has 1 aromatic rings. The third-order valence-electron chi connectivity index (χ3n) is 1.37. The van der Waals surface area contributed by atoms with E-state index in [0.29, 0.717) is 5.69 Å². The van der Waals surface area contributed by atoms with Gasteiger partial charge in [0.2, 0.25) is 0 Å². The Morgan fingerprint density at radius 3 is 1.37 bits per heavy atom. The van der Waals surface area contributed by atoms with E-state index in [4.69, 9.17) is 45.5 Å². The molecule has 1 heterocycles. The predicted octanol–water partition coefficient (Wildman–Crippen LogP) is -3.28. The summed E-state index contributed by atoms with van der Waals surface area (Å²) in [4.78, 5) is 5.79. The van der Waals surface area contributed by atoms with E-state index in [-0.39, 0.29) is 0 Å². The van der Waals surface area contributed by atoms with Gasteiger partial charge in [-0.2, -0.15) is 5.26 Å². The minimum atomic E-state index is -2.67. The molecule has 1 rings (SSSR count). The molecule has 19 heteroatoms. The first kappa shape index (κ1) is 32.7. The maximum absolute atomic E-state index is 10.1. The van der Waals surface area contributed by atoms with Gasteiger partial charge in [0, 0.05) is 26.0 Å². The van der Waals surface area contributed by atoms with Crippen LogP contribution in [0.2, 0.25) is 0 Å². The maximum Gasteiger partial charge on any atom is 0.674 e. The van der Waals surface area contributed by atoms with Gasteiger partial charge in [-0.05, 0) is 12.1 Å². The van der Waals surface area contributed by atoms with E-state index >= 15 is 0 Å². The van der Waals surface area contributed by atoms with Crippen molar-refractivity contribution in [2.24, 2.45) is 0 Å². The van der Waals surface area contributed by atoms with Crippen molar-refractivity contribution in [3.63, 3.8) is 0 Å². The molecule has 0 fully saturated rings. The Labute approximate surface area is 153 Å². The first-order chi connectivity index (χ1) is 12.2. The van der Waals surface area contributed by atoms with Crippen molar-refractivity contribution >= 4 is 35.3 Å². The van der Waals surface area contributed by atoms with Crippen molar-refractivity contribution < 1.29 is 57.5 Å². The topological polar surface area (TPSA) is 202 Å². The number of aromatic nitrogens is 1. The van der Waals surface area contributed by atoms with E-state index in [1.165, 1.54) is 0 Å². The summed E-state index contributed by atoms with van der Waals surface area (Å²) in [5, 5.41) is 64.1. The molecule has 0 amide bonds. The SMILES string of the molecule is CN(C)c1ccnc(C#N)c1.OB(O)F.OB(O)F.OB(O)F.OB(O)F. The average molecular weight is 402 g/mol. The summed E-state index contributed by atoms with van der Waals surface area (Å²) < 4.78 is 40.4. The predicted molar refractivity (Wildman–Crippen MR) is 88.5 cm³/mol. The zero-order valence-corrected chi connectivity index (χ0v) is 14.0. The molecule has 0 spiro atoms. The van der Waals surface area contributed by atoms with E-state index in [0.717, 1.165) is 5.69 Å². The van der Waals surface area contributed by atoms with Crippen LogP contribution in [0.15, 0.2) is 18.3 Å². The highest BCUT2D eigenvalue weighted by molar-refractivity contribution is 6.32. The molecule has 8 N–H and O–H groups in total. The first-order valence-corrected chi connectivity index (χ1v) is 6.21. The second-order valence-corrected chi connectivity index (χ2v) is 3.65. The largest absolute Gasteiger partial charge is 0.674 e. The molecule has 0 aromatic carbocycles. The summed E-state index contributed by atoms with van der Waals surface area (Å²) in [5.41, 5.74) is 1.45. The number of halogens is 4. The molecule has 0 bridgehead atoms. The van der Waals surface area contributed by atoms with Crippen LogP contribution in [0, 0.1) is 11.3 Å². The van der Waals surface area contributed by atoms with Crippen LogP contribution in [0.1, 0.15) is 5.69 Å². The van der Waals surface area contributed by atoms with Gasteiger partial charge in [0.25, 0.3) is 0 Å². The second kappa shape index (κ2) is 22.1. The van der Waals surface area contributed by atoms with Gasteiger partial charge in [0.15, 0.2) is 0 Å².